The van der Waals surface area contributed by atoms with Crippen molar-refractivity contribution in [3.63, 3.8) is 0 Å². The van der Waals surface area contributed by atoms with Crippen molar-refractivity contribution in [2.24, 2.45) is 0 Å². The summed E-state index contributed by atoms with van der Waals surface area (Å²) in [4.78, 5) is 4.57. The smallest absolute Gasteiger partial charge is 0.417 e. The van der Waals surface area contributed by atoms with Gasteiger partial charge in [-0.25, -0.2) is 9.37 Å². The van der Waals surface area contributed by atoms with Gasteiger partial charge in [0, 0.05) is 17.2 Å². The minimum Gasteiger partial charge on any atom is -0.497 e. The van der Waals surface area contributed by atoms with Crippen LogP contribution in [0.2, 0.25) is 0 Å². The van der Waals surface area contributed by atoms with Gasteiger partial charge in [0.05, 0.1) is 31.2 Å². The number of aromatic nitrogens is 1. The summed E-state index contributed by atoms with van der Waals surface area (Å²) in [5, 5.41) is 0. The Morgan fingerprint density at radius 1 is 0.900 bits per heavy atom. The summed E-state index contributed by atoms with van der Waals surface area (Å²) in [6.07, 6.45) is -2.24. The van der Waals surface area contributed by atoms with Crippen molar-refractivity contribution in [3.05, 3.63) is 65.0 Å². The lowest BCUT2D eigenvalue weighted by Gasteiger charge is -2.16. The molecule has 0 saturated heterocycles. The van der Waals surface area contributed by atoms with Gasteiger partial charge < -0.3 is 9.47 Å². The van der Waals surface area contributed by atoms with Crippen LogP contribution in [0.5, 0.6) is 11.5 Å². The van der Waals surface area contributed by atoms with E-state index in [1.807, 2.05) is 0 Å². The number of hydrogen-bond acceptors (Lipinski definition) is 3. The van der Waals surface area contributed by atoms with Crippen LogP contribution in [0.15, 0.2) is 42.5 Å². The fraction of sp³-hybridized carbons (Fsp3) is 0.261. The van der Waals surface area contributed by atoms with Crippen LogP contribution in [-0.2, 0) is 19.0 Å². The Balaban J connectivity index is 1.96. The minimum atomic E-state index is -4.62. The summed E-state index contributed by atoms with van der Waals surface area (Å²) in [6.45, 7) is 0. The molecule has 0 spiro atoms. The number of ether oxygens (including phenoxy) is 2. The largest absolute Gasteiger partial charge is 0.497 e. The van der Waals surface area contributed by atoms with Crippen molar-refractivity contribution in [3.8, 4) is 34.0 Å². The molecule has 0 amide bonds. The lowest BCUT2D eigenvalue weighted by atomic mass is 9.97. The molecule has 3 nitrogen and oxygen atoms in total. The molecule has 3 aromatic rings. The van der Waals surface area contributed by atoms with Crippen LogP contribution in [0.25, 0.3) is 22.5 Å². The molecule has 2 aromatic carbocycles. The third kappa shape index (κ3) is 3.72. The first-order valence-electron chi connectivity index (χ1n) is 9.43. The van der Waals surface area contributed by atoms with Gasteiger partial charge in [0.1, 0.15) is 17.3 Å². The standard InChI is InChI=1S/C23H19F4NO2/c1-29-16-8-14(9-17(12-16)30-2)22-18-5-3-4-13(18)10-21(28-22)19-11-15(24)6-7-20(19)23(25,26)27/h6-12H,3-5H2,1-2H3. The van der Waals surface area contributed by atoms with Gasteiger partial charge >= 0.3 is 6.18 Å². The van der Waals surface area contributed by atoms with Crippen molar-refractivity contribution >= 4 is 0 Å². The summed E-state index contributed by atoms with van der Waals surface area (Å²) in [5.41, 5.74) is 2.06. The zero-order valence-corrected chi connectivity index (χ0v) is 16.4. The van der Waals surface area contributed by atoms with E-state index in [-0.39, 0.29) is 11.3 Å². The molecule has 0 fully saturated rings. The fourth-order valence-electron chi connectivity index (χ4n) is 3.88. The van der Waals surface area contributed by atoms with Gasteiger partial charge in [-0.3, -0.25) is 0 Å². The maximum atomic E-state index is 13.9. The van der Waals surface area contributed by atoms with E-state index in [1.54, 1.807) is 24.3 Å². The van der Waals surface area contributed by atoms with Crippen molar-refractivity contribution in [2.75, 3.05) is 14.2 Å². The number of halogens is 4. The second-order valence-corrected chi connectivity index (χ2v) is 7.14. The van der Waals surface area contributed by atoms with E-state index in [0.717, 1.165) is 48.6 Å². The minimum absolute atomic E-state index is 0.0965. The molecular weight excluding hydrogens is 398 g/mol. The number of rotatable bonds is 4. The summed E-state index contributed by atoms with van der Waals surface area (Å²) in [5.74, 6) is 0.347. The zero-order valence-electron chi connectivity index (χ0n) is 16.4. The number of pyridine rings is 1. The summed E-state index contributed by atoms with van der Waals surface area (Å²) in [7, 11) is 3.05. The van der Waals surface area contributed by atoms with Gasteiger partial charge in [-0.2, -0.15) is 13.2 Å². The van der Waals surface area contributed by atoms with Crippen molar-refractivity contribution in [1.29, 1.82) is 0 Å². The lowest BCUT2D eigenvalue weighted by Crippen LogP contribution is -2.08. The molecule has 0 atom stereocenters. The summed E-state index contributed by atoms with van der Waals surface area (Å²) >= 11 is 0. The predicted molar refractivity (Wildman–Crippen MR) is 105 cm³/mol. The molecule has 0 N–H and O–H groups in total. The Kier molecular flexibility index (Phi) is 5.13. The number of methoxy groups -OCH3 is 2. The summed E-state index contributed by atoms with van der Waals surface area (Å²) in [6, 6.07) is 9.35. The van der Waals surface area contributed by atoms with E-state index >= 15 is 0 Å². The van der Waals surface area contributed by atoms with Crippen molar-refractivity contribution < 1.29 is 27.0 Å². The third-order valence-corrected chi connectivity index (χ3v) is 5.28. The molecule has 0 saturated carbocycles. The number of nitrogens with zero attached hydrogens (tertiary/aromatic N) is 1. The number of fused-ring (bicyclic) bond motifs is 1. The van der Waals surface area contributed by atoms with Crippen LogP contribution in [0.1, 0.15) is 23.1 Å². The number of benzene rings is 2. The third-order valence-electron chi connectivity index (χ3n) is 5.28. The van der Waals surface area contributed by atoms with E-state index < -0.39 is 17.6 Å². The Hall–Kier alpha value is -3.09. The van der Waals surface area contributed by atoms with Crippen molar-refractivity contribution in [1.82, 2.24) is 4.98 Å². The van der Waals surface area contributed by atoms with Crippen molar-refractivity contribution in [2.45, 2.75) is 25.4 Å². The monoisotopic (exact) mass is 417 g/mol. The highest BCUT2D eigenvalue weighted by Crippen LogP contribution is 2.41. The topological polar surface area (TPSA) is 31.4 Å². The molecule has 0 unspecified atom stereocenters. The number of hydrogen-bond donors (Lipinski definition) is 0. The lowest BCUT2D eigenvalue weighted by molar-refractivity contribution is -0.137. The molecular formula is C23H19F4NO2. The Morgan fingerprint density at radius 2 is 1.60 bits per heavy atom. The van der Waals surface area contributed by atoms with Gasteiger partial charge in [-0.15, -0.1) is 0 Å². The molecule has 1 aliphatic rings. The molecule has 0 bridgehead atoms. The van der Waals surface area contributed by atoms with Crippen LogP contribution in [0.4, 0.5) is 17.6 Å². The van der Waals surface area contributed by atoms with Gasteiger partial charge in [0.15, 0.2) is 0 Å². The highest BCUT2D eigenvalue weighted by atomic mass is 19.4. The molecule has 30 heavy (non-hydrogen) atoms. The second-order valence-electron chi connectivity index (χ2n) is 7.14. The first-order valence-corrected chi connectivity index (χ1v) is 9.43. The molecule has 0 radical (unpaired) electrons. The van der Waals surface area contributed by atoms with Crippen LogP contribution < -0.4 is 9.47 Å². The maximum Gasteiger partial charge on any atom is 0.417 e. The van der Waals surface area contributed by atoms with Crippen LogP contribution >= 0.6 is 0 Å². The normalized spacial score (nSPS) is 13.3. The second kappa shape index (κ2) is 7.63. The average Bonchev–Trinajstić information content (AvgIpc) is 3.20. The van der Waals surface area contributed by atoms with E-state index in [0.29, 0.717) is 22.8 Å². The van der Waals surface area contributed by atoms with Gasteiger partial charge in [0.25, 0.3) is 0 Å². The van der Waals surface area contributed by atoms with E-state index in [4.69, 9.17) is 9.47 Å². The van der Waals surface area contributed by atoms with Gasteiger partial charge in [-0.1, -0.05) is 0 Å². The van der Waals surface area contributed by atoms with E-state index in [2.05, 4.69) is 4.98 Å². The predicted octanol–water partition coefficient (Wildman–Crippen LogP) is 6.08. The molecule has 1 aromatic heterocycles. The van der Waals surface area contributed by atoms with Crippen LogP contribution in [0, 0.1) is 5.82 Å². The molecule has 156 valence electrons. The first kappa shape index (κ1) is 20.2. The Bertz CT molecular complexity index is 1090. The van der Waals surface area contributed by atoms with E-state index in [1.165, 1.54) is 14.2 Å². The molecule has 1 heterocycles. The number of alkyl halides is 3. The Labute approximate surface area is 171 Å². The van der Waals surface area contributed by atoms with E-state index in [9.17, 15) is 17.6 Å². The SMILES string of the molecule is COc1cc(OC)cc(-c2nc(-c3cc(F)ccc3C(F)(F)F)cc3c2CCC3)c1. The number of aryl methyl sites for hydroxylation is 1. The van der Waals surface area contributed by atoms with Crippen LogP contribution in [0.3, 0.4) is 0 Å². The highest BCUT2D eigenvalue weighted by Gasteiger charge is 2.34. The zero-order chi connectivity index (χ0) is 21.5. The molecule has 4 rings (SSSR count). The average molecular weight is 417 g/mol. The van der Waals surface area contributed by atoms with Gasteiger partial charge in [0.2, 0.25) is 0 Å². The summed E-state index contributed by atoms with van der Waals surface area (Å²) < 4.78 is 65.3. The quantitative estimate of drug-likeness (QED) is 0.482. The molecule has 1 aliphatic carbocycles. The Morgan fingerprint density at radius 3 is 2.23 bits per heavy atom. The fourth-order valence-corrected chi connectivity index (χ4v) is 3.88. The molecule has 7 heteroatoms. The molecule has 0 aliphatic heterocycles. The first-order chi connectivity index (χ1) is 14.3. The highest BCUT2D eigenvalue weighted by molar-refractivity contribution is 5.74. The van der Waals surface area contributed by atoms with Gasteiger partial charge in [-0.05, 0) is 66.8 Å². The van der Waals surface area contributed by atoms with Crippen LogP contribution in [-0.4, -0.2) is 19.2 Å². The maximum absolute atomic E-state index is 13.9.